The molecule has 0 spiro atoms. The molecule has 0 aromatic heterocycles. The third kappa shape index (κ3) is 12.6. The molecule has 16 heavy (non-hydrogen) atoms. The second-order valence-corrected chi connectivity index (χ2v) is 3.59. The van der Waals surface area contributed by atoms with Gasteiger partial charge in [-0.25, -0.2) is 0 Å². The van der Waals surface area contributed by atoms with Crippen LogP contribution in [0.2, 0.25) is 0 Å². The molecule has 0 heterocycles. The average molecular weight is 220 g/mol. The van der Waals surface area contributed by atoms with Crippen molar-refractivity contribution >= 4 is 5.97 Å². The molecule has 0 aromatic carbocycles. The minimum atomic E-state index is -0.752. The van der Waals surface area contributed by atoms with Crippen molar-refractivity contribution in [1.82, 2.24) is 0 Å². The molecule has 0 aliphatic heterocycles. The Hall–Kier alpha value is -1.41. The smallest absolute Gasteiger partial charge is 0.303 e. The number of aliphatic carboxylic acids is 1. The predicted molar refractivity (Wildman–Crippen MR) is 65.8 cm³/mol. The van der Waals surface area contributed by atoms with E-state index in [1.165, 1.54) is 19.3 Å². The topological polar surface area (TPSA) is 37.3 Å². The van der Waals surface area contributed by atoms with Crippen LogP contribution in [0.3, 0.4) is 0 Å². The zero-order valence-corrected chi connectivity index (χ0v) is 10.0. The summed E-state index contributed by atoms with van der Waals surface area (Å²) in [5.41, 5.74) is 0. The number of carboxylic acids is 1. The summed E-state index contributed by atoms with van der Waals surface area (Å²) >= 11 is 0. The molecule has 2 nitrogen and oxygen atoms in total. The minimum Gasteiger partial charge on any atom is -0.481 e. The summed E-state index contributed by atoms with van der Waals surface area (Å²) in [5, 5.41) is 8.39. The molecule has 0 radical (unpaired) electrons. The highest BCUT2D eigenvalue weighted by atomic mass is 16.4. The van der Waals surface area contributed by atoms with Crippen LogP contribution in [0.4, 0.5) is 0 Å². The Labute approximate surface area is 98.4 Å². The summed E-state index contributed by atoms with van der Waals surface area (Å²) in [6.45, 7) is 2.18. The lowest BCUT2D eigenvalue weighted by Gasteiger charge is -1.88. The highest BCUT2D eigenvalue weighted by Crippen LogP contribution is 1.96. The Bertz CT molecular complexity index is 296. The third-order valence-corrected chi connectivity index (χ3v) is 2.02. The highest BCUT2D eigenvalue weighted by Gasteiger charge is 1.92. The Kier molecular flexibility index (Phi) is 10.6. The van der Waals surface area contributed by atoms with Gasteiger partial charge in [0.05, 0.1) is 6.42 Å². The van der Waals surface area contributed by atoms with Gasteiger partial charge < -0.3 is 5.11 Å². The Morgan fingerprint density at radius 2 is 1.62 bits per heavy atom. The number of unbranched alkanes of at least 4 members (excludes halogenated alkanes) is 4. The van der Waals surface area contributed by atoms with Gasteiger partial charge in [0.1, 0.15) is 0 Å². The van der Waals surface area contributed by atoms with E-state index in [1.54, 1.807) is 0 Å². The SMILES string of the molecule is CCCCCC#CCC#CCCCC(=O)O. The normalized spacial score (nSPS) is 8.56. The fraction of sp³-hybridized carbons (Fsp3) is 0.643. The van der Waals surface area contributed by atoms with Crippen molar-refractivity contribution in [1.29, 1.82) is 0 Å². The molecule has 0 aliphatic rings. The van der Waals surface area contributed by atoms with Crippen LogP contribution in [0, 0.1) is 23.7 Å². The van der Waals surface area contributed by atoms with E-state index in [1.807, 2.05) is 0 Å². The van der Waals surface area contributed by atoms with Crippen molar-refractivity contribution in [3.05, 3.63) is 0 Å². The van der Waals surface area contributed by atoms with E-state index in [9.17, 15) is 4.79 Å². The number of rotatable bonds is 6. The average Bonchev–Trinajstić information content (AvgIpc) is 2.25. The fourth-order valence-corrected chi connectivity index (χ4v) is 1.14. The van der Waals surface area contributed by atoms with Gasteiger partial charge in [0.25, 0.3) is 0 Å². The lowest BCUT2D eigenvalue weighted by molar-refractivity contribution is -0.137. The summed E-state index contributed by atoms with van der Waals surface area (Å²) in [4.78, 5) is 10.2. The lowest BCUT2D eigenvalue weighted by Crippen LogP contribution is -1.92. The van der Waals surface area contributed by atoms with Gasteiger partial charge in [-0.1, -0.05) is 31.6 Å². The van der Waals surface area contributed by atoms with Gasteiger partial charge in [0, 0.05) is 19.3 Å². The van der Waals surface area contributed by atoms with Gasteiger partial charge in [0.2, 0.25) is 0 Å². The summed E-state index contributed by atoms with van der Waals surface area (Å²) in [6, 6.07) is 0. The molecular formula is C14H20O2. The molecule has 0 fully saturated rings. The van der Waals surface area contributed by atoms with E-state index in [0.717, 1.165) is 6.42 Å². The summed E-state index contributed by atoms with van der Waals surface area (Å²) in [5.74, 6) is 11.2. The van der Waals surface area contributed by atoms with Crippen molar-refractivity contribution in [2.24, 2.45) is 0 Å². The van der Waals surface area contributed by atoms with E-state index in [2.05, 4.69) is 30.6 Å². The largest absolute Gasteiger partial charge is 0.481 e. The predicted octanol–water partition coefficient (Wildman–Crippen LogP) is 3.22. The lowest BCUT2D eigenvalue weighted by atomic mass is 10.2. The molecule has 2 heteroatoms. The molecule has 0 unspecified atom stereocenters. The zero-order chi connectivity index (χ0) is 12.1. The molecule has 88 valence electrons. The number of carbonyl (C=O) groups is 1. The summed E-state index contributed by atoms with van der Waals surface area (Å²) in [7, 11) is 0. The molecule has 0 aliphatic carbocycles. The van der Waals surface area contributed by atoms with Gasteiger partial charge in [-0.15, -0.1) is 11.8 Å². The van der Waals surface area contributed by atoms with Crippen LogP contribution in [0.5, 0.6) is 0 Å². The van der Waals surface area contributed by atoms with Crippen LogP contribution in [0.15, 0.2) is 0 Å². The van der Waals surface area contributed by atoms with Crippen LogP contribution >= 0.6 is 0 Å². The van der Waals surface area contributed by atoms with Gasteiger partial charge >= 0.3 is 5.97 Å². The maximum atomic E-state index is 10.2. The minimum absolute atomic E-state index is 0.206. The van der Waals surface area contributed by atoms with E-state index in [-0.39, 0.29) is 6.42 Å². The van der Waals surface area contributed by atoms with Gasteiger partial charge in [-0.05, 0) is 12.8 Å². The first-order valence-electron chi connectivity index (χ1n) is 5.90. The van der Waals surface area contributed by atoms with E-state index < -0.39 is 5.97 Å². The second-order valence-electron chi connectivity index (χ2n) is 3.59. The molecule has 1 N–H and O–H groups in total. The van der Waals surface area contributed by atoms with Crippen LogP contribution in [0.1, 0.15) is 58.3 Å². The number of hydrogen-bond donors (Lipinski definition) is 1. The molecule has 0 bridgehead atoms. The molecule has 0 saturated heterocycles. The van der Waals surface area contributed by atoms with Crippen molar-refractivity contribution in [2.75, 3.05) is 0 Å². The van der Waals surface area contributed by atoms with Crippen LogP contribution in [-0.4, -0.2) is 11.1 Å². The Morgan fingerprint density at radius 3 is 2.19 bits per heavy atom. The first-order valence-corrected chi connectivity index (χ1v) is 5.90. The fourth-order valence-electron chi connectivity index (χ4n) is 1.14. The van der Waals surface area contributed by atoms with E-state index >= 15 is 0 Å². The maximum absolute atomic E-state index is 10.2. The number of carboxylic acid groups (broad SMARTS) is 1. The monoisotopic (exact) mass is 220 g/mol. The van der Waals surface area contributed by atoms with Crippen molar-refractivity contribution in [2.45, 2.75) is 58.3 Å². The molecule has 0 aromatic rings. The second kappa shape index (κ2) is 11.7. The van der Waals surface area contributed by atoms with Gasteiger partial charge in [-0.3, -0.25) is 4.79 Å². The molecule has 0 rings (SSSR count). The maximum Gasteiger partial charge on any atom is 0.303 e. The van der Waals surface area contributed by atoms with E-state index in [0.29, 0.717) is 19.3 Å². The first kappa shape index (κ1) is 14.6. The standard InChI is InChI=1S/C14H20O2/c1-2-3-4-5-6-7-8-9-10-11-12-13-14(15)16/h2-5,8,11-13H2,1H3,(H,15,16). The Balaban J connectivity index is 3.35. The van der Waals surface area contributed by atoms with Crippen molar-refractivity contribution < 1.29 is 9.90 Å². The quantitative estimate of drug-likeness (QED) is 0.551. The zero-order valence-electron chi connectivity index (χ0n) is 10.0. The summed E-state index contributed by atoms with van der Waals surface area (Å²) in [6.07, 6.45) is 6.72. The number of hydrogen-bond acceptors (Lipinski definition) is 1. The molecule has 0 atom stereocenters. The third-order valence-electron chi connectivity index (χ3n) is 2.02. The highest BCUT2D eigenvalue weighted by molar-refractivity contribution is 5.66. The van der Waals surface area contributed by atoms with Crippen LogP contribution in [-0.2, 0) is 4.79 Å². The molecule has 0 amide bonds. The van der Waals surface area contributed by atoms with Crippen LogP contribution in [0.25, 0.3) is 0 Å². The van der Waals surface area contributed by atoms with Gasteiger partial charge in [-0.2, -0.15) is 0 Å². The summed E-state index contributed by atoms with van der Waals surface area (Å²) < 4.78 is 0. The van der Waals surface area contributed by atoms with Gasteiger partial charge in [0.15, 0.2) is 0 Å². The van der Waals surface area contributed by atoms with Crippen molar-refractivity contribution in [3.63, 3.8) is 0 Å². The first-order chi connectivity index (χ1) is 7.77. The van der Waals surface area contributed by atoms with Crippen LogP contribution < -0.4 is 0 Å². The Morgan fingerprint density at radius 1 is 1.00 bits per heavy atom. The van der Waals surface area contributed by atoms with Crippen molar-refractivity contribution in [3.8, 4) is 23.7 Å². The molecular weight excluding hydrogens is 200 g/mol. The van der Waals surface area contributed by atoms with E-state index in [4.69, 9.17) is 5.11 Å². The molecule has 0 saturated carbocycles.